The van der Waals surface area contributed by atoms with Crippen LogP contribution < -0.4 is 5.32 Å². The summed E-state index contributed by atoms with van der Waals surface area (Å²) in [5.41, 5.74) is 0. The minimum atomic E-state index is -4.43. The predicted molar refractivity (Wildman–Crippen MR) is 67.6 cm³/mol. The third kappa shape index (κ3) is 9.93. The van der Waals surface area contributed by atoms with Gasteiger partial charge in [0.25, 0.3) is 0 Å². The normalized spacial score (nSPS) is 13.6. The van der Waals surface area contributed by atoms with Gasteiger partial charge in [0.05, 0.1) is 12.2 Å². The average molecular weight is 334 g/mol. The van der Waals surface area contributed by atoms with Gasteiger partial charge in [-0.05, 0) is 6.42 Å². The van der Waals surface area contributed by atoms with Crippen LogP contribution in [-0.4, -0.2) is 68.2 Å². The van der Waals surface area contributed by atoms with Gasteiger partial charge in [-0.15, -0.1) is 0 Å². The summed E-state index contributed by atoms with van der Waals surface area (Å²) in [6.45, 7) is -0.631. The molecule has 0 radical (unpaired) electrons. The van der Waals surface area contributed by atoms with Crippen molar-refractivity contribution in [2.45, 2.75) is 25.1 Å². The van der Waals surface area contributed by atoms with Crippen molar-refractivity contribution in [3.8, 4) is 0 Å². The SMILES string of the molecule is CN(CCC(F)(F)F)C(=O)NC(CCS(C)(=O)=O)C(=O)O. The molecule has 11 heteroatoms. The van der Waals surface area contributed by atoms with E-state index in [0.29, 0.717) is 4.90 Å². The first kappa shape index (κ1) is 19.5. The number of aliphatic carboxylic acids is 1. The molecule has 0 aromatic heterocycles. The molecule has 0 aliphatic carbocycles. The molecule has 7 nitrogen and oxygen atoms in total. The number of amides is 2. The van der Waals surface area contributed by atoms with Gasteiger partial charge in [0.1, 0.15) is 15.9 Å². The monoisotopic (exact) mass is 334 g/mol. The number of carbonyl (C=O) groups is 2. The topological polar surface area (TPSA) is 104 Å². The number of sulfone groups is 1. The molecule has 0 rings (SSSR count). The molecule has 0 aliphatic rings. The first-order chi connectivity index (χ1) is 9.32. The standard InChI is InChI=1S/C10H17F3N2O5S/c1-15(5-4-10(11,12)13)9(18)14-7(8(16)17)3-6-21(2,19)20/h7H,3-6H2,1-2H3,(H,14,18)(H,16,17). The Morgan fingerprint density at radius 2 is 1.86 bits per heavy atom. The molecule has 0 spiro atoms. The summed E-state index contributed by atoms with van der Waals surface area (Å²) in [5.74, 6) is -1.92. The van der Waals surface area contributed by atoms with E-state index in [0.717, 1.165) is 13.3 Å². The summed E-state index contributed by atoms with van der Waals surface area (Å²) < 4.78 is 57.9. The van der Waals surface area contributed by atoms with Crippen molar-refractivity contribution in [2.75, 3.05) is 25.6 Å². The number of hydrogen-bond acceptors (Lipinski definition) is 4. The van der Waals surface area contributed by atoms with Gasteiger partial charge < -0.3 is 15.3 Å². The lowest BCUT2D eigenvalue weighted by atomic mass is 10.2. The van der Waals surface area contributed by atoms with E-state index in [1.807, 2.05) is 5.32 Å². The molecular formula is C10H17F3N2O5S. The molecule has 2 amide bonds. The van der Waals surface area contributed by atoms with E-state index in [2.05, 4.69) is 0 Å². The molecule has 124 valence electrons. The van der Waals surface area contributed by atoms with Gasteiger partial charge in [0, 0.05) is 19.8 Å². The van der Waals surface area contributed by atoms with Crippen LogP contribution in [-0.2, 0) is 14.6 Å². The van der Waals surface area contributed by atoms with Gasteiger partial charge in [-0.25, -0.2) is 18.0 Å². The largest absolute Gasteiger partial charge is 0.480 e. The quantitative estimate of drug-likeness (QED) is 0.704. The summed E-state index contributed by atoms with van der Waals surface area (Å²) in [4.78, 5) is 23.1. The highest BCUT2D eigenvalue weighted by Gasteiger charge is 2.29. The maximum absolute atomic E-state index is 12.0. The van der Waals surface area contributed by atoms with E-state index in [1.165, 1.54) is 0 Å². The van der Waals surface area contributed by atoms with Crippen LogP contribution in [0, 0.1) is 0 Å². The van der Waals surface area contributed by atoms with Crippen LogP contribution in [0.2, 0.25) is 0 Å². The Kier molecular flexibility index (Phi) is 6.94. The molecular weight excluding hydrogens is 317 g/mol. The molecule has 2 N–H and O–H groups in total. The van der Waals surface area contributed by atoms with Crippen LogP contribution >= 0.6 is 0 Å². The highest BCUT2D eigenvalue weighted by molar-refractivity contribution is 7.90. The average Bonchev–Trinajstić information content (AvgIpc) is 2.28. The van der Waals surface area contributed by atoms with Crippen molar-refractivity contribution in [3.63, 3.8) is 0 Å². The van der Waals surface area contributed by atoms with Crippen molar-refractivity contribution < 1.29 is 36.3 Å². The molecule has 0 fully saturated rings. The number of alkyl halides is 3. The molecule has 1 unspecified atom stereocenters. The molecule has 0 bridgehead atoms. The molecule has 0 aromatic rings. The zero-order valence-corrected chi connectivity index (χ0v) is 12.3. The number of nitrogens with one attached hydrogen (secondary N) is 1. The summed E-state index contributed by atoms with van der Waals surface area (Å²) in [6.07, 6.45) is -5.12. The fourth-order valence-electron chi connectivity index (χ4n) is 1.24. The second-order valence-corrected chi connectivity index (χ2v) is 6.81. The van der Waals surface area contributed by atoms with E-state index in [1.54, 1.807) is 0 Å². The molecule has 0 heterocycles. The van der Waals surface area contributed by atoms with Crippen molar-refractivity contribution in [1.82, 2.24) is 10.2 Å². The van der Waals surface area contributed by atoms with Crippen LogP contribution in [0.1, 0.15) is 12.8 Å². The molecule has 1 atom stereocenters. The van der Waals surface area contributed by atoms with Crippen LogP contribution in [0.25, 0.3) is 0 Å². The highest BCUT2D eigenvalue weighted by atomic mass is 32.2. The third-order valence-electron chi connectivity index (χ3n) is 2.45. The zero-order chi connectivity index (χ0) is 16.8. The lowest BCUT2D eigenvalue weighted by Gasteiger charge is -2.21. The van der Waals surface area contributed by atoms with Gasteiger partial charge in [-0.2, -0.15) is 13.2 Å². The second-order valence-electron chi connectivity index (χ2n) is 4.55. The maximum Gasteiger partial charge on any atom is 0.390 e. The van der Waals surface area contributed by atoms with Gasteiger partial charge >= 0.3 is 18.2 Å². The zero-order valence-electron chi connectivity index (χ0n) is 11.5. The van der Waals surface area contributed by atoms with Crippen molar-refractivity contribution in [1.29, 1.82) is 0 Å². The number of nitrogens with zero attached hydrogens (tertiary/aromatic N) is 1. The number of rotatable bonds is 7. The summed E-state index contributed by atoms with van der Waals surface area (Å²) >= 11 is 0. The summed E-state index contributed by atoms with van der Waals surface area (Å²) in [7, 11) is -2.34. The lowest BCUT2D eigenvalue weighted by Crippen LogP contribution is -2.47. The highest BCUT2D eigenvalue weighted by Crippen LogP contribution is 2.19. The fourth-order valence-corrected chi connectivity index (χ4v) is 1.91. The van der Waals surface area contributed by atoms with E-state index in [-0.39, 0.29) is 6.42 Å². The Bertz CT molecular complexity index is 478. The van der Waals surface area contributed by atoms with Crippen molar-refractivity contribution in [3.05, 3.63) is 0 Å². The van der Waals surface area contributed by atoms with Crippen LogP contribution in [0.4, 0.5) is 18.0 Å². The minimum Gasteiger partial charge on any atom is -0.480 e. The third-order valence-corrected chi connectivity index (χ3v) is 3.43. The number of carboxylic acid groups (broad SMARTS) is 1. The molecule has 21 heavy (non-hydrogen) atoms. The fraction of sp³-hybridized carbons (Fsp3) is 0.800. The van der Waals surface area contributed by atoms with E-state index in [4.69, 9.17) is 5.11 Å². The van der Waals surface area contributed by atoms with Gasteiger partial charge in [-0.3, -0.25) is 0 Å². The van der Waals surface area contributed by atoms with Crippen molar-refractivity contribution >= 4 is 21.8 Å². The number of urea groups is 1. The Hall–Kier alpha value is -1.52. The first-order valence-electron chi connectivity index (χ1n) is 5.81. The van der Waals surface area contributed by atoms with Gasteiger partial charge in [-0.1, -0.05) is 0 Å². The minimum absolute atomic E-state index is 0.368. The van der Waals surface area contributed by atoms with Gasteiger partial charge in [0.15, 0.2) is 0 Å². The number of halogens is 3. The van der Waals surface area contributed by atoms with Crippen molar-refractivity contribution in [2.24, 2.45) is 0 Å². The molecule has 0 aromatic carbocycles. The van der Waals surface area contributed by atoms with Crippen LogP contribution in [0.3, 0.4) is 0 Å². The number of carboxylic acids is 1. The Morgan fingerprint density at radius 3 is 2.24 bits per heavy atom. The summed E-state index contributed by atoms with van der Waals surface area (Å²) in [5, 5.41) is 10.8. The van der Waals surface area contributed by atoms with Crippen LogP contribution in [0.15, 0.2) is 0 Å². The second kappa shape index (κ2) is 7.48. The molecule has 0 saturated heterocycles. The number of hydrogen-bond donors (Lipinski definition) is 2. The smallest absolute Gasteiger partial charge is 0.390 e. The Balaban J connectivity index is 4.50. The Morgan fingerprint density at radius 1 is 1.33 bits per heavy atom. The number of carbonyl (C=O) groups excluding carboxylic acids is 1. The van der Waals surface area contributed by atoms with Gasteiger partial charge in [0.2, 0.25) is 0 Å². The van der Waals surface area contributed by atoms with E-state index in [9.17, 15) is 31.2 Å². The summed E-state index contributed by atoms with van der Waals surface area (Å²) in [6, 6.07) is -2.50. The maximum atomic E-state index is 12.0. The van der Waals surface area contributed by atoms with E-state index < -0.39 is 52.8 Å². The molecule has 0 saturated carbocycles. The van der Waals surface area contributed by atoms with E-state index >= 15 is 0 Å². The predicted octanol–water partition coefficient (Wildman–Crippen LogP) is 0.468. The Labute approximate surface area is 120 Å². The lowest BCUT2D eigenvalue weighted by molar-refractivity contribution is -0.140. The molecule has 0 aliphatic heterocycles. The van der Waals surface area contributed by atoms with Crippen LogP contribution in [0.5, 0.6) is 0 Å². The first-order valence-corrected chi connectivity index (χ1v) is 7.87.